The van der Waals surface area contributed by atoms with Crippen LogP contribution in [0.3, 0.4) is 0 Å². The quantitative estimate of drug-likeness (QED) is 0.550. The normalized spacial score (nSPS) is 14.4. The Labute approximate surface area is 144 Å². The highest BCUT2D eigenvalue weighted by Gasteiger charge is 2.38. The first kappa shape index (κ1) is 15.1. The number of nitrogens with zero attached hydrogens (tertiary/aromatic N) is 1. The van der Waals surface area contributed by atoms with Crippen molar-refractivity contribution >= 4 is 0 Å². The molecular formula is C23H24N+. The Morgan fingerprint density at radius 3 is 2.38 bits per heavy atom. The minimum absolute atomic E-state index is 0.0524. The van der Waals surface area contributed by atoms with Crippen LogP contribution in [-0.4, -0.2) is 0 Å². The summed E-state index contributed by atoms with van der Waals surface area (Å²) in [6, 6.07) is 18.0. The monoisotopic (exact) mass is 314 g/mol. The average molecular weight is 314 g/mol. The molecule has 1 aromatic heterocycles. The topological polar surface area (TPSA) is 3.88 Å². The predicted molar refractivity (Wildman–Crippen MR) is 100 cm³/mol. The molecule has 0 bridgehead atoms. The molecule has 1 aliphatic carbocycles. The van der Waals surface area contributed by atoms with Crippen LogP contribution < -0.4 is 4.57 Å². The summed E-state index contributed by atoms with van der Waals surface area (Å²) in [4.78, 5) is 0. The molecule has 0 saturated heterocycles. The third kappa shape index (κ3) is 1.97. The molecule has 0 fully saturated rings. The smallest absolute Gasteiger partial charge is 0.201 e. The maximum Gasteiger partial charge on any atom is 0.213 e. The molecule has 24 heavy (non-hydrogen) atoms. The summed E-state index contributed by atoms with van der Waals surface area (Å²) in [6.07, 6.45) is 2.16. The fraction of sp³-hybridized carbons (Fsp3) is 0.261. The molecule has 1 nitrogen and oxygen atoms in total. The first-order valence-corrected chi connectivity index (χ1v) is 8.62. The van der Waals surface area contributed by atoms with Crippen molar-refractivity contribution in [3.8, 4) is 22.4 Å². The molecule has 1 heterocycles. The van der Waals surface area contributed by atoms with Gasteiger partial charge in [-0.05, 0) is 41.7 Å². The predicted octanol–water partition coefficient (Wildman–Crippen LogP) is 5.10. The highest BCUT2D eigenvalue weighted by atomic mass is 14.9. The summed E-state index contributed by atoms with van der Waals surface area (Å²) in [7, 11) is 2.14. The third-order valence-corrected chi connectivity index (χ3v) is 5.52. The molecule has 0 atom stereocenters. The van der Waals surface area contributed by atoms with Crippen LogP contribution in [0.5, 0.6) is 0 Å². The van der Waals surface area contributed by atoms with Crippen molar-refractivity contribution in [2.75, 3.05) is 0 Å². The van der Waals surface area contributed by atoms with Crippen molar-refractivity contribution in [3.05, 3.63) is 77.0 Å². The van der Waals surface area contributed by atoms with Gasteiger partial charge in [0, 0.05) is 23.1 Å². The Morgan fingerprint density at radius 2 is 1.58 bits per heavy atom. The van der Waals surface area contributed by atoms with E-state index in [1.165, 1.54) is 44.6 Å². The lowest BCUT2D eigenvalue weighted by atomic mass is 9.81. The van der Waals surface area contributed by atoms with E-state index in [0.717, 1.165) is 0 Å². The van der Waals surface area contributed by atoms with Gasteiger partial charge in [-0.3, -0.25) is 0 Å². The Kier molecular flexibility index (Phi) is 3.18. The van der Waals surface area contributed by atoms with Crippen LogP contribution >= 0.6 is 0 Å². The van der Waals surface area contributed by atoms with Gasteiger partial charge >= 0.3 is 0 Å². The Bertz CT molecular complexity index is 964. The van der Waals surface area contributed by atoms with Crippen molar-refractivity contribution in [1.29, 1.82) is 0 Å². The van der Waals surface area contributed by atoms with Crippen molar-refractivity contribution in [2.45, 2.75) is 33.1 Å². The molecule has 4 rings (SSSR count). The van der Waals surface area contributed by atoms with E-state index in [2.05, 4.69) is 94.0 Å². The highest BCUT2D eigenvalue weighted by molar-refractivity contribution is 5.92. The van der Waals surface area contributed by atoms with Gasteiger partial charge in [-0.1, -0.05) is 50.2 Å². The number of fused-ring (bicyclic) bond motifs is 3. The molecular weight excluding hydrogens is 290 g/mol. The zero-order chi connectivity index (χ0) is 17.1. The molecule has 0 radical (unpaired) electrons. The number of rotatable bonds is 1. The van der Waals surface area contributed by atoms with E-state index in [0.29, 0.717) is 0 Å². The van der Waals surface area contributed by atoms with Gasteiger partial charge in [0.2, 0.25) is 5.69 Å². The number of aromatic nitrogens is 1. The molecule has 3 aromatic rings. The van der Waals surface area contributed by atoms with Gasteiger partial charge in [0.1, 0.15) is 7.05 Å². The second-order valence-electron chi connectivity index (χ2n) is 7.55. The van der Waals surface area contributed by atoms with Gasteiger partial charge in [-0.2, -0.15) is 0 Å². The van der Waals surface area contributed by atoms with Gasteiger partial charge in [-0.15, -0.1) is 0 Å². The molecule has 0 saturated carbocycles. The number of hydrogen-bond acceptors (Lipinski definition) is 0. The lowest BCUT2D eigenvalue weighted by Crippen LogP contribution is -2.31. The molecule has 0 unspecified atom stereocenters. The van der Waals surface area contributed by atoms with E-state index in [1.54, 1.807) is 0 Å². The zero-order valence-corrected chi connectivity index (χ0v) is 15.1. The summed E-state index contributed by atoms with van der Waals surface area (Å²) in [5.41, 5.74) is 11.0. The van der Waals surface area contributed by atoms with Crippen LogP contribution in [-0.2, 0) is 12.5 Å². The van der Waals surface area contributed by atoms with Gasteiger partial charge in [0.15, 0.2) is 6.20 Å². The lowest BCUT2D eigenvalue weighted by molar-refractivity contribution is -0.660. The average Bonchev–Trinajstić information content (AvgIpc) is 2.79. The van der Waals surface area contributed by atoms with Gasteiger partial charge in [0.05, 0.1) is 5.56 Å². The van der Waals surface area contributed by atoms with Crippen molar-refractivity contribution in [2.24, 2.45) is 7.05 Å². The highest BCUT2D eigenvalue weighted by Crippen LogP contribution is 2.52. The van der Waals surface area contributed by atoms with Crippen LogP contribution in [0.25, 0.3) is 22.4 Å². The Balaban J connectivity index is 2.14. The van der Waals surface area contributed by atoms with Crippen LogP contribution in [0.1, 0.15) is 36.1 Å². The summed E-state index contributed by atoms with van der Waals surface area (Å²) in [6.45, 7) is 9.08. The summed E-state index contributed by atoms with van der Waals surface area (Å²) in [5.74, 6) is 0. The molecule has 0 spiro atoms. The first-order chi connectivity index (χ1) is 11.4. The summed E-state index contributed by atoms with van der Waals surface area (Å²) < 4.78 is 2.24. The lowest BCUT2D eigenvalue weighted by Gasteiger charge is -2.22. The fourth-order valence-corrected chi connectivity index (χ4v) is 4.15. The summed E-state index contributed by atoms with van der Waals surface area (Å²) >= 11 is 0. The SMILES string of the molecule is Cc1cc[n+](C)c(-c2c(C)ccc3c2-c2ccccc2C3(C)C)c1. The molecule has 2 aromatic carbocycles. The zero-order valence-electron chi connectivity index (χ0n) is 15.1. The van der Waals surface area contributed by atoms with Crippen LogP contribution in [0.4, 0.5) is 0 Å². The van der Waals surface area contributed by atoms with Crippen molar-refractivity contribution in [1.82, 2.24) is 0 Å². The third-order valence-electron chi connectivity index (χ3n) is 5.52. The number of hydrogen-bond donors (Lipinski definition) is 0. The molecule has 120 valence electrons. The number of benzene rings is 2. The second kappa shape index (κ2) is 5.04. The minimum Gasteiger partial charge on any atom is -0.201 e. The minimum atomic E-state index is 0.0524. The Hall–Kier alpha value is -2.41. The largest absolute Gasteiger partial charge is 0.213 e. The fourth-order valence-electron chi connectivity index (χ4n) is 4.15. The molecule has 0 aliphatic heterocycles. The van der Waals surface area contributed by atoms with E-state index in [-0.39, 0.29) is 5.41 Å². The van der Waals surface area contributed by atoms with Crippen LogP contribution in [0.2, 0.25) is 0 Å². The van der Waals surface area contributed by atoms with Crippen molar-refractivity contribution < 1.29 is 4.57 Å². The van der Waals surface area contributed by atoms with Crippen LogP contribution in [0, 0.1) is 13.8 Å². The Morgan fingerprint density at radius 1 is 0.833 bits per heavy atom. The maximum absolute atomic E-state index is 2.34. The standard InChI is InChI=1S/C23H24N/c1-15-12-13-24(5)20(14-15)21-16(2)10-11-19-22(21)17-8-6-7-9-18(17)23(19,3)4/h6-14H,1-5H3/q+1. The van der Waals surface area contributed by atoms with Crippen LogP contribution in [0.15, 0.2) is 54.7 Å². The maximum atomic E-state index is 2.34. The number of aryl methyl sites for hydroxylation is 3. The van der Waals surface area contributed by atoms with E-state index in [9.17, 15) is 0 Å². The van der Waals surface area contributed by atoms with E-state index in [1.807, 2.05) is 0 Å². The summed E-state index contributed by atoms with van der Waals surface area (Å²) in [5, 5.41) is 0. The molecule has 1 aliphatic rings. The molecule has 0 amide bonds. The molecule has 1 heteroatoms. The first-order valence-electron chi connectivity index (χ1n) is 8.62. The van der Waals surface area contributed by atoms with Gasteiger partial charge < -0.3 is 0 Å². The van der Waals surface area contributed by atoms with E-state index < -0.39 is 0 Å². The second-order valence-corrected chi connectivity index (χ2v) is 7.55. The van der Waals surface area contributed by atoms with Crippen molar-refractivity contribution in [3.63, 3.8) is 0 Å². The van der Waals surface area contributed by atoms with E-state index in [4.69, 9.17) is 0 Å². The molecule has 0 N–H and O–H groups in total. The van der Waals surface area contributed by atoms with Gasteiger partial charge in [-0.25, -0.2) is 4.57 Å². The van der Waals surface area contributed by atoms with E-state index >= 15 is 0 Å². The number of pyridine rings is 1. The van der Waals surface area contributed by atoms with Gasteiger partial charge in [0.25, 0.3) is 0 Å².